The second-order valence-corrected chi connectivity index (χ2v) is 8.40. The number of allylic oxidation sites excluding steroid dienone is 1. The van der Waals surface area contributed by atoms with E-state index in [0.29, 0.717) is 17.4 Å². The number of benzene rings is 2. The lowest BCUT2D eigenvalue weighted by molar-refractivity contribution is 0.451. The average molecular weight is 325 g/mol. The highest BCUT2D eigenvalue weighted by Gasteiger charge is 2.56. The molecule has 1 aliphatic heterocycles. The maximum atomic E-state index is 12.8. The van der Waals surface area contributed by atoms with E-state index in [2.05, 4.69) is 18.2 Å². The first-order valence-electron chi connectivity index (χ1n) is 7.86. The Morgan fingerprint density at radius 1 is 1.04 bits per heavy atom. The molecule has 1 aliphatic carbocycles. The molecule has 1 saturated carbocycles. The molecular weight excluding hydrogens is 306 g/mol. The van der Waals surface area contributed by atoms with E-state index in [1.54, 1.807) is 18.3 Å². The Hall–Kier alpha value is -2.07. The van der Waals surface area contributed by atoms with E-state index < -0.39 is 10.0 Å². The van der Waals surface area contributed by atoms with Crippen LogP contribution in [0, 0.1) is 12.8 Å². The van der Waals surface area contributed by atoms with Crippen LogP contribution in [0.25, 0.3) is 0 Å². The molecule has 0 unspecified atom stereocenters. The molecule has 23 heavy (non-hydrogen) atoms. The molecule has 1 fully saturated rings. The van der Waals surface area contributed by atoms with E-state index in [1.807, 2.05) is 37.3 Å². The van der Waals surface area contributed by atoms with Gasteiger partial charge in [-0.3, -0.25) is 4.31 Å². The van der Waals surface area contributed by atoms with E-state index in [-0.39, 0.29) is 5.41 Å². The molecule has 2 aromatic carbocycles. The smallest absolute Gasteiger partial charge is 0.263 e. The van der Waals surface area contributed by atoms with Gasteiger partial charge in [-0.15, -0.1) is 0 Å². The van der Waals surface area contributed by atoms with E-state index in [9.17, 15) is 8.42 Å². The lowest BCUT2D eigenvalue weighted by atomic mass is 9.92. The molecule has 1 heterocycles. The van der Waals surface area contributed by atoms with Crippen molar-refractivity contribution in [2.75, 3.05) is 6.54 Å². The van der Waals surface area contributed by atoms with Gasteiger partial charge in [0.15, 0.2) is 0 Å². The summed E-state index contributed by atoms with van der Waals surface area (Å²) in [5.74, 6) is 0.370. The molecule has 2 aromatic rings. The molecular formula is C19H19NO2S. The van der Waals surface area contributed by atoms with E-state index in [4.69, 9.17) is 0 Å². The quantitative estimate of drug-likeness (QED) is 0.866. The van der Waals surface area contributed by atoms with Crippen molar-refractivity contribution in [3.63, 3.8) is 0 Å². The fourth-order valence-electron chi connectivity index (χ4n) is 3.50. The summed E-state index contributed by atoms with van der Waals surface area (Å²) in [7, 11) is -3.45. The van der Waals surface area contributed by atoms with Gasteiger partial charge in [0.25, 0.3) is 10.0 Å². The minimum atomic E-state index is -3.45. The zero-order chi connectivity index (χ0) is 16.1. The predicted molar refractivity (Wildman–Crippen MR) is 90.4 cm³/mol. The van der Waals surface area contributed by atoms with Gasteiger partial charge in [-0.05, 0) is 37.0 Å². The third-order valence-electron chi connectivity index (χ3n) is 5.03. The molecule has 0 spiro atoms. The minimum Gasteiger partial charge on any atom is -0.273 e. The Morgan fingerprint density at radius 2 is 1.74 bits per heavy atom. The van der Waals surface area contributed by atoms with E-state index >= 15 is 0 Å². The van der Waals surface area contributed by atoms with Crippen molar-refractivity contribution in [1.82, 2.24) is 4.31 Å². The molecule has 2 atom stereocenters. The van der Waals surface area contributed by atoms with E-state index in [1.165, 1.54) is 9.87 Å². The lowest BCUT2D eigenvalue weighted by Crippen LogP contribution is -2.32. The summed E-state index contributed by atoms with van der Waals surface area (Å²) in [6.07, 6.45) is 4.85. The van der Waals surface area contributed by atoms with Crippen LogP contribution in [0.2, 0.25) is 0 Å². The second kappa shape index (κ2) is 4.96. The Morgan fingerprint density at radius 3 is 2.39 bits per heavy atom. The monoisotopic (exact) mass is 325 g/mol. The van der Waals surface area contributed by atoms with Crippen molar-refractivity contribution >= 4 is 10.0 Å². The zero-order valence-corrected chi connectivity index (χ0v) is 13.8. The van der Waals surface area contributed by atoms with Crippen LogP contribution in [0.4, 0.5) is 0 Å². The molecule has 118 valence electrons. The highest BCUT2D eigenvalue weighted by atomic mass is 32.2. The second-order valence-electron chi connectivity index (χ2n) is 6.51. The van der Waals surface area contributed by atoms with Gasteiger partial charge in [0, 0.05) is 18.2 Å². The molecule has 4 heteroatoms. The summed E-state index contributed by atoms with van der Waals surface area (Å²) in [5, 5.41) is 0. The Kier molecular flexibility index (Phi) is 3.13. The Bertz CT molecular complexity index is 856. The van der Waals surface area contributed by atoms with Crippen LogP contribution >= 0.6 is 0 Å². The van der Waals surface area contributed by atoms with Gasteiger partial charge in [0.1, 0.15) is 0 Å². The van der Waals surface area contributed by atoms with Crippen LogP contribution in [-0.2, 0) is 15.4 Å². The van der Waals surface area contributed by atoms with Crippen LogP contribution in [0.3, 0.4) is 0 Å². The first-order valence-corrected chi connectivity index (χ1v) is 9.30. The molecule has 0 radical (unpaired) electrons. The van der Waals surface area contributed by atoms with Crippen molar-refractivity contribution in [2.24, 2.45) is 5.92 Å². The summed E-state index contributed by atoms with van der Waals surface area (Å²) >= 11 is 0. The maximum Gasteiger partial charge on any atom is 0.263 e. The minimum absolute atomic E-state index is 0.0422. The number of nitrogens with zero attached hydrogens (tertiary/aromatic N) is 1. The normalized spacial score (nSPS) is 26.0. The van der Waals surface area contributed by atoms with Gasteiger partial charge in [-0.2, -0.15) is 0 Å². The largest absolute Gasteiger partial charge is 0.273 e. The van der Waals surface area contributed by atoms with Crippen LogP contribution in [0.5, 0.6) is 0 Å². The number of rotatable bonds is 3. The van der Waals surface area contributed by atoms with Gasteiger partial charge >= 0.3 is 0 Å². The van der Waals surface area contributed by atoms with Crippen molar-refractivity contribution in [1.29, 1.82) is 0 Å². The fourth-order valence-corrected chi connectivity index (χ4v) is 4.84. The first kappa shape index (κ1) is 14.5. The van der Waals surface area contributed by atoms with Crippen molar-refractivity contribution < 1.29 is 8.42 Å². The first-order chi connectivity index (χ1) is 11.0. The molecule has 3 nitrogen and oxygen atoms in total. The summed E-state index contributed by atoms with van der Waals surface area (Å²) < 4.78 is 27.1. The van der Waals surface area contributed by atoms with Crippen molar-refractivity contribution in [2.45, 2.75) is 23.7 Å². The third-order valence-corrected chi connectivity index (χ3v) is 6.79. The maximum absolute atomic E-state index is 12.8. The highest BCUT2D eigenvalue weighted by Crippen LogP contribution is 2.57. The van der Waals surface area contributed by atoms with Gasteiger partial charge in [0.2, 0.25) is 0 Å². The van der Waals surface area contributed by atoms with Gasteiger partial charge < -0.3 is 0 Å². The van der Waals surface area contributed by atoms with Gasteiger partial charge in [0.05, 0.1) is 4.90 Å². The zero-order valence-electron chi connectivity index (χ0n) is 13.0. The van der Waals surface area contributed by atoms with Crippen molar-refractivity contribution in [3.05, 3.63) is 78.0 Å². The standard InChI is InChI=1S/C19H19NO2S/c1-15-7-9-18(10-8-15)23(21,22)20-12-11-19(13-17(19)14-20)16-5-3-2-4-6-16/h2-12,17H,13-14H2,1H3/t17-,19-/m1/s1. The number of sulfonamides is 1. The molecule has 2 aliphatic rings. The number of hydrogen-bond acceptors (Lipinski definition) is 2. The molecule has 0 saturated heterocycles. The lowest BCUT2D eigenvalue weighted by Gasteiger charge is -2.27. The highest BCUT2D eigenvalue weighted by molar-refractivity contribution is 7.89. The molecule has 0 bridgehead atoms. The SMILES string of the molecule is Cc1ccc(S(=O)(=O)N2C=C[C@]3(c4ccccc4)C[C@@H]3C2)cc1. The molecule has 0 aromatic heterocycles. The Labute approximate surface area is 137 Å². The van der Waals surface area contributed by atoms with E-state index in [0.717, 1.165) is 12.0 Å². The van der Waals surface area contributed by atoms with Crippen LogP contribution < -0.4 is 0 Å². The van der Waals surface area contributed by atoms with Crippen LogP contribution in [0.15, 0.2) is 71.8 Å². The predicted octanol–water partition coefficient (Wildman–Crippen LogP) is 3.47. The van der Waals surface area contributed by atoms with Gasteiger partial charge in [-0.1, -0.05) is 54.1 Å². The van der Waals surface area contributed by atoms with Gasteiger partial charge in [-0.25, -0.2) is 8.42 Å². The number of hydrogen-bond donors (Lipinski definition) is 0. The molecule has 0 N–H and O–H groups in total. The topological polar surface area (TPSA) is 37.4 Å². The summed E-state index contributed by atoms with van der Waals surface area (Å²) in [6, 6.07) is 17.4. The number of aryl methyl sites for hydroxylation is 1. The molecule has 4 rings (SSSR count). The summed E-state index contributed by atoms with van der Waals surface area (Å²) in [6.45, 7) is 2.51. The fraction of sp³-hybridized carbons (Fsp3) is 0.263. The average Bonchev–Trinajstić information content (AvgIpc) is 3.31. The number of fused-ring (bicyclic) bond motifs is 1. The molecule has 0 amide bonds. The Balaban J connectivity index is 1.63. The summed E-state index contributed by atoms with van der Waals surface area (Å²) in [5.41, 5.74) is 2.39. The third kappa shape index (κ3) is 2.29. The van der Waals surface area contributed by atoms with Crippen LogP contribution in [0.1, 0.15) is 17.5 Å². The van der Waals surface area contributed by atoms with Crippen LogP contribution in [-0.4, -0.2) is 19.3 Å². The van der Waals surface area contributed by atoms with Crippen molar-refractivity contribution in [3.8, 4) is 0 Å². The summed E-state index contributed by atoms with van der Waals surface area (Å²) in [4.78, 5) is 0.362.